The Bertz CT molecular complexity index is 501. The lowest BCUT2D eigenvalue weighted by Gasteiger charge is -2.13. The Labute approximate surface area is 116 Å². The molecule has 0 amide bonds. The predicted molar refractivity (Wildman–Crippen MR) is 82.0 cm³/mol. The fourth-order valence-corrected chi connectivity index (χ4v) is 2.35. The fraction of sp³-hybridized carbons (Fsp3) is 0.412. The van der Waals surface area contributed by atoms with Crippen molar-refractivity contribution in [3.8, 4) is 0 Å². The molecule has 2 aromatic rings. The number of aryl methyl sites for hydroxylation is 2. The van der Waals surface area contributed by atoms with Crippen LogP contribution in [0.1, 0.15) is 36.4 Å². The van der Waals surface area contributed by atoms with Crippen LogP contribution in [0.2, 0.25) is 0 Å². The molecule has 0 saturated heterocycles. The molecule has 102 valence electrons. The highest BCUT2D eigenvalue weighted by atomic mass is 15.4. The van der Waals surface area contributed by atoms with Crippen LogP contribution in [0.15, 0.2) is 36.4 Å². The standard InChI is InChI=1S/C17H24N2/c1-13(2)11-16-7-9-17(10-8-16)12-18-19-14(3)5-6-15(19)4/h5-10,13,18H,11-12H2,1-4H3. The van der Waals surface area contributed by atoms with Crippen molar-refractivity contribution in [1.29, 1.82) is 0 Å². The van der Waals surface area contributed by atoms with Crippen molar-refractivity contribution in [2.45, 2.75) is 40.7 Å². The van der Waals surface area contributed by atoms with E-state index in [2.05, 4.69) is 74.2 Å². The lowest BCUT2D eigenvalue weighted by Crippen LogP contribution is -2.16. The monoisotopic (exact) mass is 256 g/mol. The van der Waals surface area contributed by atoms with Crippen LogP contribution >= 0.6 is 0 Å². The number of benzene rings is 1. The number of nitrogens with one attached hydrogen (secondary N) is 1. The first-order valence-electron chi connectivity index (χ1n) is 7.03. The molecule has 1 heterocycles. The van der Waals surface area contributed by atoms with Crippen molar-refractivity contribution in [3.05, 3.63) is 58.9 Å². The maximum Gasteiger partial charge on any atom is 0.0564 e. The zero-order valence-corrected chi connectivity index (χ0v) is 12.4. The topological polar surface area (TPSA) is 17.0 Å². The molecule has 0 spiro atoms. The summed E-state index contributed by atoms with van der Waals surface area (Å²) in [6.07, 6.45) is 1.16. The van der Waals surface area contributed by atoms with Crippen LogP contribution in [0.4, 0.5) is 0 Å². The largest absolute Gasteiger partial charge is 0.322 e. The summed E-state index contributed by atoms with van der Waals surface area (Å²) in [5.41, 5.74) is 8.69. The minimum atomic E-state index is 0.717. The van der Waals surface area contributed by atoms with E-state index in [9.17, 15) is 0 Å². The molecule has 2 rings (SSSR count). The van der Waals surface area contributed by atoms with E-state index in [1.54, 1.807) is 0 Å². The molecule has 0 atom stereocenters. The van der Waals surface area contributed by atoms with E-state index in [1.807, 2.05) is 0 Å². The van der Waals surface area contributed by atoms with Crippen LogP contribution in [-0.2, 0) is 13.0 Å². The third-order valence-corrected chi connectivity index (χ3v) is 3.38. The van der Waals surface area contributed by atoms with E-state index in [-0.39, 0.29) is 0 Å². The van der Waals surface area contributed by atoms with Gasteiger partial charge in [0.2, 0.25) is 0 Å². The lowest BCUT2D eigenvalue weighted by atomic mass is 10.0. The molecule has 2 heteroatoms. The SMILES string of the molecule is Cc1ccc(C)n1NCc1ccc(CC(C)C)cc1. The van der Waals surface area contributed by atoms with Gasteiger partial charge in [0.1, 0.15) is 0 Å². The second kappa shape index (κ2) is 5.96. The number of hydrogen-bond acceptors (Lipinski definition) is 1. The van der Waals surface area contributed by atoms with Crippen LogP contribution in [0, 0.1) is 19.8 Å². The maximum atomic E-state index is 3.45. The van der Waals surface area contributed by atoms with Crippen LogP contribution < -0.4 is 5.43 Å². The van der Waals surface area contributed by atoms with Crippen LogP contribution in [0.5, 0.6) is 0 Å². The normalized spacial score (nSPS) is 11.0. The van der Waals surface area contributed by atoms with Gasteiger partial charge in [-0.05, 0) is 49.4 Å². The molecular weight excluding hydrogens is 232 g/mol. The average molecular weight is 256 g/mol. The summed E-state index contributed by atoms with van der Waals surface area (Å²) < 4.78 is 2.14. The summed E-state index contributed by atoms with van der Waals surface area (Å²) in [5, 5.41) is 0. The van der Waals surface area contributed by atoms with Gasteiger partial charge in [-0.25, -0.2) is 0 Å². The lowest BCUT2D eigenvalue weighted by molar-refractivity contribution is 0.647. The second-order valence-electron chi connectivity index (χ2n) is 5.70. The first kappa shape index (κ1) is 13.7. The zero-order valence-electron chi connectivity index (χ0n) is 12.4. The number of rotatable bonds is 5. The first-order chi connectivity index (χ1) is 9.06. The molecule has 1 N–H and O–H groups in total. The van der Waals surface area contributed by atoms with Crippen molar-refractivity contribution in [3.63, 3.8) is 0 Å². The van der Waals surface area contributed by atoms with Gasteiger partial charge in [-0.1, -0.05) is 38.1 Å². The van der Waals surface area contributed by atoms with Crippen molar-refractivity contribution in [2.24, 2.45) is 5.92 Å². The van der Waals surface area contributed by atoms with Crippen molar-refractivity contribution in [2.75, 3.05) is 5.43 Å². The summed E-state index contributed by atoms with van der Waals surface area (Å²) in [6, 6.07) is 13.2. The van der Waals surface area contributed by atoms with Crippen molar-refractivity contribution < 1.29 is 0 Å². The highest BCUT2D eigenvalue weighted by molar-refractivity contribution is 5.24. The molecule has 0 bridgehead atoms. The van der Waals surface area contributed by atoms with Crippen LogP contribution in [-0.4, -0.2) is 4.68 Å². The van der Waals surface area contributed by atoms with Gasteiger partial charge in [0.15, 0.2) is 0 Å². The van der Waals surface area contributed by atoms with E-state index >= 15 is 0 Å². The number of nitrogens with zero attached hydrogens (tertiary/aromatic N) is 1. The molecule has 1 aromatic carbocycles. The Morgan fingerprint density at radius 3 is 1.95 bits per heavy atom. The average Bonchev–Trinajstić information content (AvgIpc) is 2.68. The van der Waals surface area contributed by atoms with Gasteiger partial charge in [-0.3, -0.25) is 4.68 Å². The molecule has 0 radical (unpaired) electrons. The molecular formula is C17H24N2. The molecule has 0 aliphatic carbocycles. The Morgan fingerprint density at radius 2 is 1.42 bits per heavy atom. The molecule has 19 heavy (non-hydrogen) atoms. The van der Waals surface area contributed by atoms with Gasteiger partial charge in [-0.15, -0.1) is 0 Å². The van der Waals surface area contributed by atoms with Gasteiger partial charge in [0.05, 0.1) is 6.54 Å². The highest BCUT2D eigenvalue weighted by Gasteiger charge is 2.01. The molecule has 0 aliphatic rings. The summed E-state index contributed by atoms with van der Waals surface area (Å²) in [5.74, 6) is 0.717. The summed E-state index contributed by atoms with van der Waals surface area (Å²) in [7, 11) is 0. The van der Waals surface area contributed by atoms with Gasteiger partial charge in [-0.2, -0.15) is 0 Å². The van der Waals surface area contributed by atoms with E-state index in [4.69, 9.17) is 0 Å². The zero-order chi connectivity index (χ0) is 13.8. The predicted octanol–water partition coefficient (Wildman–Crippen LogP) is 4.05. The van der Waals surface area contributed by atoms with Crippen LogP contribution in [0.25, 0.3) is 0 Å². The Hall–Kier alpha value is -1.70. The van der Waals surface area contributed by atoms with E-state index in [1.165, 1.54) is 22.5 Å². The number of hydrogen-bond donors (Lipinski definition) is 1. The van der Waals surface area contributed by atoms with Crippen molar-refractivity contribution >= 4 is 0 Å². The van der Waals surface area contributed by atoms with Gasteiger partial charge in [0.25, 0.3) is 0 Å². The minimum Gasteiger partial charge on any atom is -0.322 e. The molecule has 1 aromatic heterocycles. The van der Waals surface area contributed by atoms with Gasteiger partial charge in [0, 0.05) is 11.4 Å². The minimum absolute atomic E-state index is 0.717. The van der Waals surface area contributed by atoms with E-state index in [0.717, 1.165) is 13.0 Å². The van der Waals surface area contributed by atoms with Gasteiger partial charge < -0.3 is 5.43 Å². The van der Waals surface area contributed by atoms with E-state index < -0.39 is 0 Å². The highest BCUT2D eigenvalue weighted by Crippen LogP contribution is 2.11. The first-order valence-corrected chi connectivity index (χ1v) is 7.03. The number of aromatic nitrogens is 1. The molecule has 0 saturated carbocycles. The quantitative estimate of drug-likeness (QED) is 0.854. The molecule has 0 aliphatic heterocycles. The Kier molecular flexibility index (Phi) is 4.31. The fourth-order valence-electron chi connectivity index (χ4n) is 2.35. The molecule has 0 unspecified atom stereocenters. The van der Waals surface area contributed by atoms with E-state index in [0.29, 0.717) is 5.92 Å². The third kappa shape index (κ3) is 3.63. The second-order valence-corrected chi connectivity index (χ2v) is 5.70. The van der Waals surface area contributed by atoms with Gasteiger partial charge >= 0.3 is 0 Å². The summed E-state index contributed by atoms with van der Waals surface area (Å²) in [4.78, 5) is 0. The molecule has 0 fully saturated rings. The third-order valence-electron chi connectivity index (χ3n) is 3.38. The summed E-state index contributed by atoms with van der Waals surface area (Å²) >= 11 is 0. The van der Waals surface area contributed by atoms with Crippen LogP contribution in [0.3, 0.4) is 0 Å². The Morgan fingerprint density at radius 1 is 0.895 bits per heavy atom. The van der Waals surface area contributed by atoms with Crippen molar-refractivity contribution in [1.82, 2.24) is 4.68 Å². The molecule has 2 nitrogen and oxygen atoms in total. The summed E-state index contributed by atoms with van der Waals surface area (Å²) in [6.45, 7) is 9.61. The maximum absolute atomic E-state index is 3.45. The Balaban J connectivity index is 1.97. The smallest absolute Gasteiger partial charge is 0.0564 e.